The molecule has 2 fully saturated rings. The molecule has 0 radical (unpaired) electrons. The van der Waals surface area contributed by atoms with Gasteiger partial charge in [-0.25, -0.2) is 4.98 Å². The van der Waals surface area contributed by atoms with Crippen molar-refractivity contribution in [1.29, 1.82) is 0 Å². The number of carbonyl (C=O) groups is 4. The lowest BCUT2D eigenvalue weighted by Crippen LogP contribution is -2.59. The van der Waals surface area contributed by atoms with E-state index in [9.17, 15) is 19.2 Å². The molecule has 2 aliphatic rings. The molecule has 1 aliphatic carbocycles. The zero-order chi connectivity index (χ0) is 37.4. The van der Waals surface area contributed by atoms with Crippen molar-refractivity contribution in [3.63, 3.8) is 0 Å². The molecule has 1 saturated heterocycles. The Morgan fingerprint density at radius 2 is 1.23 bits per heavy atom. The Morgan fingerprint density at radius 3 is 1.71 bits per heavy atom. The Kier molecular flexibility index (Phi) is 16.7. The summed E-state index contributed by atoms with van der Waals surface area (Å²) in [6, 6.07) is 6.45. The maximum Gasteiger partial charge on any atom is 0.263 e. The molecule has 11 nitrogen and oxygen atoms in total. The maximum absolute atomic E-state index is 14.6. The van der Waals surface area contributed by atoms with Gasteiger partial charge in [0.15, 0.2) is 11.4 Å². The zero-order valence-corrected chi connectivity index (χ0v) is 32.5. The van der Waals surface area contributed by atoms with Crippen molar-refractivity contribution in [3.05, 3.63) is 52.0 Å². The minimum Gasteiger partial charge on any atom is -0.382 e. The van der Waals surface area contributed by atoms with E-state index in [0.29, 0.717) is 9.88 Å². The van der Waals surface area contributed by atoms with Crippen LogP contribution in [-0.4, -0.2) is 85.2 Å². The smallest absolute Gasteiger partial charge is 0.263 e. The highest BCUT2D eigenvalue weighted by Crippen LogP contribution is 2.55. The SMILES string of the molecule is COC[C@H](NC(=O)c1cnc(C)s1)C(=O)N[C@@H](COC)C(=O)N[C@@H](Cc1ccccc1)C(=O)[C@]1(C)OC12CCCCCCCCCCCCCCC2. The Morgan fingerprint density at radius 1 is 0.750 bits per heavy atom. The third-order valence-electron chi connectivity index (χ3n) is 10.5. The second-order valence-corrected chi connectivity index (χ2v) is 15.8. The Bertz CT molecular complexity index is 1420. The summed E-state index contributed by atoms with van der Waals surface area (Å²) in [5.74, 6) is -1.83. The molecular formula is C40H60N4O7S. The first kappa shape index (κ1) is 41.6. The number of aryl methyl sites for hydroxylation is 1. The molecule has 2 aromatic rings. The number of nitrogens with one attached hydrogen (secondary N) is 3. The van der Waals surface area contributed by atoms with Gasteiger partial charge >= 0.3 is 0 Å². The van der Waals surface area contributed by atoms with E-state index in [1.807, 2.05) is 37.3 Å². The predicted octanol–water partition coefficient (Wildman–Crippen LogP) is 6.02. The van der Waals surface area contributed by atoms with Gasteiger partial charge in [0.1, 0.15) is 22.6 Å². The van der Waals surface area contributed by atoms with Gasteiger partial charge in [0.25, 0.3) is 5.91 Å². The van der Waals surface area contributed by atoms with Gasteiger partial charge in [0.2, 0.25) is 11.8 Å². The van der Waals surface area contributed by atoms with Gasteiger partial charge in [-0.2, -0.15) is 0 Å². The van der Waals surface area contributed by atoms with E-state index in [4.69, 9.17) is 14.2 Å². The summed E-state index contributed by atoms with van der Waals surface area (Å²) in [6.07, 6.45) is 19.0. The number of methoxy groups -OCH3 is 2. The fourth-order valence-electron chi connectivity index (χ4n) is 7.44. The average Bonchev–Trinajstić information content (AvgIpc) is 3.47. The number of carbonyl (C=O) groups excluding carboxylic acids is 4. The Hall–Kier alpha value is -3.19. The Balaban J connectivity index is 1.49. The molecule has 3 amide bonds. The van der Waals surface area contributed by atoms with E-state index in [-0.39, 0.29) is 25.4 Å². The predicted molar refractivity (Wildman–Crippen MR) is 202 cm³/mol. The number of ketones is 1. The van der Waals surface area contributed by atoms with Gasteiger partial charge in [0.05, 0.1) is 30.5 Å². The standard InChI is InChI=1S/C40H60N4O7S/c1-29-41-26-34(52-29)38(48)44-33(28-50-4)37(47)43-32(27-49-3)36(46)42-31(25-30-21-17-16-18-22-30)35(45)39(2)40(51-39)23-19-14-12-10-8-6-5-7-9-11-13-15-20-24-40/h16-18,21-22,26,31-33H,5-15,19-20,23-25,27-28H2,1-4H3,(H,42,46)(H,43,47)(H,44,48)/t31-,32-,33-,39-/m0/s1. The van der Waals surface area contributed by atoms with Crippen LogP contribution >= 0.6 is 11.3 Å². The summed E-state index contributed by atoms with van der Waals surface area (Å²) >= 11 is 1.21. The van der Waals surface area contributed by atoms with Gasteiger partial charge in [-0.1, -0.05) is 114 Å². The van der Waals surface area contributed by atoms with Crippen LogP contribution in [0, 0.1) is 6.92 Å². The van der Waals surface area contributed by atoms with E-state index in [1.54, 1.807) is 6.92 Å². The molecule has 1 spiro atoms. The molecule has 2 heterocycles. The van der Waals surface area contributed by atoms with Crippen molar-refractivity contribution in [2.75, 3.05) is 27.4 Å². The largest absolute Gasteiger partial charge is 0.382 e. The van der Waals surface area contributed by atoms with E-state index < -0.39 is 47.0 Å². The van der Waals surface area contributed by atoms with Gasteiger partial charge in [-0.3, -0.25) is 19.2 Å². The number of Topliss-reactive ketones (excluding diaryl/α,β-unsaturated/α-hetero) is 1. The molecule has 1 aliphatic heterocycles. The molecule has 1 aromatic carbocycles. The topological polar surface area (TPSA) is 148 Å². The van der Waals surface area contributed by atoms with Gasteiger partial charge in [0, 0.05) is 14.2 Å². The summed E-state index contributed by atoms with van der Waals surface area (Å²) in [5.41, 5.74) is -0.692. The number of hydrogen-bond donors (Lipinski definition) is 3. The molecule has 12 heteroatoms. The third kappa shape index (κ3) is 11.9. The van der Waals surface area contributed by atoms with E-state index in [0.717, 1.165) is 44.1 Å². The lowest BCUT2D eigenvalue weighted by molar-refractivity contribution is -0.134. The number of aromatic nitrogens is 1. The first-order valence-corrected chi connectivity index (χ1v) is 20.0. The normalized spacial score (nSPS) is 21.7. The number of epoxide rings is 1. The molecule has 0 bridgehead atoms. The molecular weight excluding hydrogens is 681 g/mol. The van der Waals surface area contributed by atoms with Crippen LogP contribution < -0.4 is 16.0 Å². The molecule has 3 N–H and O–H groups in total. The summed E-state index contributed by atoms with van der Waals surface area (Å²) < 4.78 is 17.1. The summed E-state index contributed by atoms with van der Waals surface area (Å²) in [6.45, 7) is 3.41. The number of benzene rings is 1. The zero-order valence-electron chi connectivity index (χ0n) is 31.6. The van der Waals surface area contributed by atoms with E-state index in [1.165, 1.54) is 89.5 Å². The first-order chi connectivity index (χ1) is 25.1. The lowest BCUT2D eigenvalue weighted by atomic mass is 9.79. The van der Waals surface area contributed by atoms with Crippen molar-refractivity contribution in [3.8, 4) is 0 Å². The molecule has 0 unspecified atom stereocenters. The molecule has 1 aromatic heterocycles. The van der Waals surface area contributed by atoms with Crippen LogP contribution in [-0.2, 0) is 35.0 Å². The van der Waals surface area contributed by atoms with Crippen LogP contribution in [0.5, 0.6) is 0 Å². The van der Waals surface area contributed by atoms with Crippen molar-refractivity contribution in [1.82, 2.24) is 20.9 Å². The lowest BCUT2D eigenvalue weighted by Gasteiger charge is -2.26. The van der Waals surface area contributed by atoms with Crippen LogP contribution in [0.1, 0.15) is 123 Å². The number of ether oxygens (including phenoxy) is 3. The van der Waals surface area contributed by atoms with Crippen molar-refractivity contribution >= 4 is 34.8 Å². The number of thiazole rings is 1. The highest BCUT2D eigenvalue weighted by molar-refractivity contribution is 7.13. The minimum atomic E-state index is -1.14. The van der Waals surface area contributed by atoms with Crippen LogP contribution in [0.3, 0.4) is 0 Å². The highest BCUT2D eigenvalue weighted by atomic mass is 32.1. The summed E-state index contributed by atoms with van der Waals surface area (Å²) in [5, 5.41) is 9.08. The van der Waals surface area contributed by atoms with Gasteiger partial charge < -0.3 is 30.2 Å². The van der Waals surface area contributed by atoms with Crippen LogP contribution in [0.4, 0.5) is 0 Å². The number of rotatable bonds is 14. The van der Waals surface area contributed by atoms with Crippen LogP contribution in [0.2, 0.25) is 0 Å². The minimum absolute atomic E-state index is 0.121. The van der Waals surface area contributed by atoms with Crippen molar-refractivity contribution in [2.24, 2.45) is 0 Å². The van der Waals surface area contributed by atoms with Crippen LogP contribution in [0.25, 0.3) is 0 Å². The van der Waals surface area contributed by atoms with E-state index >= 15 is 0 Å². The fraction of sp³-hybridized carbons (Fsp3) is 0.675. The first-order valence-electron chi connectivity index (χ1n) is 19.2. The molecule has 288 valence electrons. The second-order valence-electron chi connectivity index (χ2n) is 14.6. The summed E-state index contributed by atoms with van der Waals surface area (Å²) in [4.78, 5) is 59.4. The van der Waals surface area contributed by atoms with Gasteiger partial charge in [-0.05, 0) is 38.7 Å². The highest BCUT2D eigenvalue weighted by Gasteiger charge is 2.70. The van der Waals surface area contributed by atoms with Crippen molar-refractivity contribution in [2.45, 2.75) is 146 Å². The average molecular weight is 741 g/mol. The maximum atomic E-state index is 14.6. The number of hydrogen-bond acceptors (Lipinski definition) is 9. The molecule has 4 rings (SSSR count). The summed E-state index contributed by atoms with van der Waals surface area (Å²) in [7, 11) is 2.85. The molecule has 4 atom stereocenters. The second kappa shape index (κ2) is 20.9. The van der Waals surface area contributed by atoms with Crippen LogP contribution in [0.15, 0.2) is 36.5 Å². The third-order valence-corrected chi connectivity index (χ3v) is 11.5. The number of amides is 3. The molecule has 52 heavy (non-hydrogen) atoms. The van der Waals surface area contributed by atoms with Gasteiger partial charge in [-0.15, -0.1) is 11.3 Å². The fourth-order valence-corrected chi connectivity index (χ4v) is 8.12. The monoisotopic (exact) mass is 740 g/mol. The van der Waals surface area contributed by atoms with E-state index in [2.05, 4.69) is 20.9 Å². The Labute approximate surface area is 313 Å². The molecule has 1 saturated carbocycles. The quantitative estimate of drug-likeness (QED) is 0.200. The number of nitrogens with zero attached hydrogens (tertiary/aromatic N) is 1. The van der Waals surface area contributed by atoms with Crippen molar-refractivity contribution < 1.29 is 33.4 Å².